The van der Waals surface area contributed by atoms with Crippen LogP contribution in [0.2, 0.25) is 0 Å². The van der Waals surface area contributed by atoms with E-state index in [0.29, 0.717) is 5.41 Å². The molecule has 4 fully saturated rings. The fraction of sp³-hybridized carbons (Fsp3) is 1.00. The number of methoxy groups -OCH3 is 1. The van der Waals surface area contributed by atoms with Gasteiger partial charge >= 0.3 is 0 Å². The zero-order chi connectivity index (χ0) is 13.6. The van der Waals surface area contributed by atoms with Crippen molar-refractivity contribution in [2.24, 2.45) is 35.0 Å². The lowest BCUT2D eigenvalue weighted by atomic mass is 9.71. The summed E-state index contributed by atoms with van der Waals surface area (Å²) in [4.78, 5) is 0. The normalized spacial score (nSPS) is 48.8. The summed E-state index contributed by atoms with van der Waals surface area (Å²) in [5, 5.41) is 3.70. The molecular formula is C18H31NO. The first kappa shape index (κ1) is 13.6. The van der Waals surface area contributed by atoms with Crippen LogP contribution in [-0.2, 0) is 4.74 Å². The summed E-state index contributed by atoms with van der Waals surface area (Å²) in [6.45, 7) is 3.15. The Morgan fingerprint density at radius 2 is 1.90 bits per heavy atom. The predicted molar refractivity (Wildman–Crippen MR) is 81.6 cm³/mol. The van der Waals surface area contributed by atoms with E-state index in [0.717, 1.165) is 42.7 Å². The number of hydrogen-bond acceptors (Lipinski definition) is 2. The van der Waals surface area contributed by atoms with Crippen molar-refractivity contribution in [1.29, 1.82) is 0 Å². The van der Waals surface area contributed by atoms with E-state index in [1.165, 1.54) is 19.4 Å². The van der Waals surface area contributed by atoms with Crippen LogP contribution in [0.15, 0.2) is 0 Å². The van der Waals surface area contributed by atoms with Crippen molar-refractivity contribution in [3.63, 3.8) is 0 Å². The van der Waals surface area contributed by atoms with Crippen LogP contribution in [0.5, 0.6) is 0 Å². The van der Waals surface area contributed by atoms with Crippen LogP contribution in [0.3, 0.4) is 0 Å². The summed E-state index contributed by atoms with van der Waals surface area (Å²) in [6, 6.07) is 0. The number of rotatable bonds is 7. The zero-order valence-corrected chi connectivity index (χ0v) is 13.1. The van der Waals surface area contributed by atoms with Gasteiger partial charge in [-0.2, -0.15) is 0 Å². The summed E-state index contributed by atoms with van der Waals surface area (Å²) in [5.41, 5.74) is 0.663. The second-order valence-electron chi connectivity index (χ2n) is 8.47. The Labute approximate surface area is 124 Å². The second-order valence-corrected chi connectivity index (χ2v) is 8.47. The Kier molecular flexibility index (Phi) is 3.58. The van der Waals surface area contributed by atoms with Crippen LogP contribution in [0, 0.1) is 35.0 Å². The molecule has 114 valence electrons. The molecule has 1 N–H and O–H groups in total. The van der Waals surface area contributed by atoms with Crippen LogP contribution in [0.25, 0.3) is 0 Å². The van der Waals surface area contributed by atoms with Crippen LogP contribution in [0.1, 0.15) is 51.4 Å². The molecule has 0 spiro atoms. The van der Waals surface area contributed by atoms with Crippen molar-refractivity contribution in [2.45, 2.75) is 51.4 Å². The molecule has 0 aromatic rings. The van der Waals surface area contributed by atoms with Crippen LogP contribution < -0.4 is 5.32 Å². The molecule has 0 saturated heterocycles. The van der Waals surface area contributed by atoms with Crippen molar-refractivity contribution in [3.05, 3.63) is 0 Å². The average molecular weight is 277 g/mol. The van der Waals surface area contributed by atoms with Crippen molar-refractivity contribution in [1.82, 2.24) is 5.32 Å². The minimum Gasteiger partial charge on any atom is -0.383 e. The lowest BCUT2D eigenvalue weighted by Gasteiger charge is -2.36. The topological polar surface area (TPSA) is 21.3 Å². The maximum absolute atomic E-state index is 5.18. The molecule has 0 amide bonds. The fourth-order valence-electron chi connectivity index (χ4n) is 6.10. The standard InChI is InChI=1S/C18H31NO/c1-20-5-4-19-12-18(10-16-8-17(16)11-18)9-15-7-13-2-3-14(15)6-13/h13-17,19H,2-12H2,1H3. The molecule has 5 atom stereocenters. The molecule has 5 unspecified atom stereocenters. The van der Waals surface area contributed by atoms with E-state index in [9.17, 15) is 0 Å². The first-order valence-electron chi connectivity index (χ1n) is 8.98. The van der Waals surface area contributed by atoms with Crippen molar-refractivity contribution >= 4 is 0 Å². The number of hydrogen-bond donors (Lipinski definition) is 1. The van der Waals surface area contributed by atoms with Gasteiger partial charge in [0.05, 0.1) is 6.61 Å². The Morgan fingerprint density at radius 3 is 2.55 bits per heavy atom. The van der Waals surface area contributed by atoms with E-state index in [-0.39, 0.29) is 0 Å². The minimum atomic E-state index is 0.663. The molecule has 20 heavy (non-hydrogen) atoms. The van der Waals surface area contributed by atoms with Gasteiger partial charge < -0.3 is 10.1 Å². The Hall–Kier alpha value is -0.0800. The summed E-state index contributed by atoms with van der Waals surface area (Å²) in [7, 11) is 1.80. The fourth-order valence-corrected chi connectivity index (χ4v) is 6.10. The Balaban J connectivity index is 1.35. The van der Waals surface area contributed by atoms with Gasteiger partial charge in [0.15, 0.2) is 0 Å². The van der Waals surface area contributed by atoms with Crippen molar-refractivity contribution < 1.29 is 4.74 Å². The molecule has 0 aromatic heterocycles. The van der Waals surface area contributed by atoms with Gasteiger partial charge in [-0.25, -0.2) is 0 Å². The summed E-state index contributed by atoms with van der Waals surface area (Å²) < 4.78 is 5.18. The summed E-state index contributed by atoms with van der Waals surface area (Å²) >= 11 is 0. The van der Waals surface area contributed by atoms with Gasteiger partial charge in [-0.15, -0.1) is 0 Å². The van der Waals surface area contributed by atoms with Crippen LogP contribution in [-0.4, -0.2) is 26.8 Å². The first-order chi connectivity index (χ1) is 9.78. The van der Waals surface area contributed by atoms with Gasteiger partial charge in [0.25, 0.3) is 0 Å². The molecule has 0 aliphatic heterocycles. The predicted octanol–water partition coefficient (Wildman–Crippen LogP) is 3.47. The van der Waals surface area contributed by atoms with E-state index in [2.05, 4.69) is 5.32 Å². The highest BCUT2D eigenvalue weighted by Crippen LogP contribution is 2.63. The van der Waals surface area contributed by atoms with E-state index in [1.807, 2.05) is 0 Å². The molecule has 4 saturated carbocycles. The Morgan fingerprint density at radius 1 is 1.05 bits per heavy atom. The highest BCUT2D eigenvalue weighted by atomic mass is 16.5. The van der Waals surface area contributed by atoms with Gasteiger partial charge in [0.1, 0.15) is 0 Å². The third-order valence-electron chi connectivity index (χ3n) is 7.02. The highest BCUT2D eigenvalue weighted by Gasteiger charge is 2.55. The molecule has 0 aromatic carbocycles. The third-order valence-corrected chi connectivity index (χ3v) is 7.02. The molecule has 0 heterocycles. The van der Waals surface area contributed by atoms with Gasteiger partial charge in [0.2, 0.25) is 0 Å². The van der Waals surface area contributed by atoms with Gasteiger partial charge in [0, 0.05) is 20.2 Å². The minimum absolute atomic E-state index is 0.663. The molecule has 4 aliphatic rings. The number of fused-ring (bicyclic) bond motifs is 3. The molecule has 2 nitrogen and oxygen atoms in total. The second kappa shape index (κ2) is 5.28. The SMILES string of the molecule is COCCNCC1(CC2CC3CCC2C3)CC2CC2C1. The average Bonchev–Trinajstić information content (AvgIpc) is 2.86. The molecule has 2 heteroatoms. The van der Waals surface area contributed by atoms with E-state index < -0.39 is 0 Å². The largest absolute Gasteiger partial charge is 0.383 e. The monoisotopic (exact) mass is 277 g/mol. The van der Waals surface area contributed by atoms with Crippen molar-refractivity contribution in [3.8, 4) is 0 Å². The van der Waals surface area contributed by atoms with Gasteiger partial charge in [-0.3, -0.25) is 0 Å². The van der Waals surface area contributed by atoms with E-state index in [4.69, 9.17) is 4.74 Å². The molecule has 2 bridgehead atoms. The lowest BCUT2D eigenvalue weighted by molar-refractivity contribution is 0.147. The molecular weight excluding hydrogens is 246 g/mol. The number of ether oxygens (including phenoxy) is 1. The lowest BCUT2D eigenvalue weighted by Crippen LogP contribution is -2.37. The summed E-state index contributed by atoms with van der Waals surface area (Å²) in [5.74, 6) is 5.51. The molecule has 4 aliphatic carbocycles. The summed E-state index contributed by atoms with van der Waals surface area (Å²) in [6.07, 6.45) is 12.4. The van der Waals surface area contributed by atoms with Gasteiger partial charge in [-0.05, 0) is 80.0 Å². The zero-order valence-electron chi connectivity index (χ0n) is 13.1. The molecule has 0 radical (unpaired) electrons. The Bertz CT molecular complexity index is 345. The molecule has 4 rings (SSSR count). The quantitative estimate of drug-likeness (QED) is 0.720. The van der Waals surface area contributed by atoms with Crippen LogP contribution in [0.4, 0.5) is 0 Å². The maximum atomic E-state index is 5.18. The maximum Gasteiger partial charge on any atom is 0.0587 e. The third kappa shape index (κ3) is 2.54. The van der Waals surface area contributed by atoms with Crippen molar-refractivity contribution in [2.75, 3.05) is 26.8 Å². The highest BCUT2D eigenvalue weighted by molar-refractivity contribution is 5.06. The van der Waals surface area contributed by atoms with Gasteiger partial charge in [-0.1, -0.05) is 6.42 Å². The first-order valence-corrected chi connectivity index (χ1v) is 8.98. The number of nitrogens with one attached hydrogen (secondary N) is 1. The van der Waals surface area contributed by atoms with E-state index in [1.54, 1.807) is 45.6 Å². The smallest absolute Gasteiger partial charge is 0.0587 e. The van der Waals surface area contributed by atoms with Crippen LogP contribution >= 0.6 is 0 Å². The van der Waals surface area contributed by atoms with E-state index >= 15 is 0 Å².